The first-order chi connectivity index (χ1) is 40.1. The van der Waals surface area contributed by atoms with Crippen LogP contribution >= 0.6 is 0 Å². The van der Waals surface area contributed by atoms with Gasteiger partial charge < -0.3 is 9.30 Å². The Morgan fingerprint density at radius 1 is 0.473 bits per heavy atom. The summed E-state index contributed by atoms with van der Waals surface area (Å²) >= 11 is 0. The Labute approximate surface area is 445 Å². The molecule has 13 rings (SSSR count). The maximum Gasteiger partial charge on any atom is 0.269 e. The molecule has 0 saturated carbocycles. The van der Waals surface area contributed by atoms with Gasteiger partial charge in [0, 0.05) is 27.6 Å². The number of pyridine rings is 1. The lowest BCUT2D eigenvalue weighted by atomic mass is 9.85. The van der Waals surface area contributed by atoms with Gasteiger partial charge in [0.15, 0.2) is 0 Å². The van der Waals surface area contributed by atoms with Gasteiger partial charge in [0.25, 0.3) is 6.33 Å². The summed E-state index contributed by atoms with van der Waals surface area (Å²) in [6.45, 7) is 13.5. The van der Waals surface area contributed by atoms with Gasteiger partial charge in [-0.05, 0) is 117 Å². The third kappa shape index (κ3) is 7.64. The van der Waals surface area contributed by atoms with E-state index in [1.807, 2.05) is 79.0 Å². The van der Waals surface area contributed by atoms with Gasteiger partial charge in [-0.15, -0.1) is 0 Å². The molecule has 6 nitrogen and oxygen atoms in total. The van der Waals surface area contributed by atoms with E-state index >= 15 is 0 Å². The van der Waals surface area contributed by atoms with E-state index in [0.717, 1.165) is 44.3 Å². The fourth-order valence-electron chi connectivity index (χ4n) is 10.3. The molecule has 0 saturated heterocycles. The minimum Gasteiger partial charge on any atom is -0.458 e. The van der Waals surface area contributed by atoms with Crippen LogP contribution in [-0.4, -0.2) is 18.7 Å². The molecule has 358 valence electrons. The number of ether oxygens (including phenoxy) is 1. The second-order valence-corrected chi connectivity index (χ2v) is 20.8. The summed E-state index contributed by atoms with van der Waals surface area (Å²) in [5, 5.41) is 4.49. The van der Waals surface area contributed by atoms with Gasteiger partial charge in [0.2, 0.25) is 0 Å². The van der Waals surface area contributed by atoms with Crippen molar-refractivity contribution in [2.75, 3.05) is 0 Å². The Bertz CT molecular complexity index is 4690. The van der Waals surface area contributed by atoms with Gasteiger partial charge in [-0.25, -0.2) is 4.98 Å². The van der Waals surface area contributed by atoms with E-state index in [1.165, 1.54) is 21.9 Å². The zero-order chi connectivity index (χ0) is 59.0. The van der Waals surface area contributed by atoms with Crippen molar-refractivity contribution >= 4 is 54.6 Å². The summed E-state index contributed by atoms with van der Waals surface area (Å²) in [5.74, 6) is 1.81. The lowest BCUT2D eigenvalue weighted by Gasteiger charge is -2.19. The Hall–Kier alpha value is -9.00. The van der Waals surface area contributed by atoms with Crippen LogP contribution in [-0.2, 0) is 10.8 Å². The van der Waals surface area contributed by atoms with E-state index in [9.17, 15) is 0 Å². The zero-order valence-corrected chi connectivity index (χ0v) is 41.7. The molecule has 0 fully saturated rings. The van der Waals surface area contributed by atoms with Crippen molar-refractivity contribution < 1.29 is 23.0 Å². The molecule has 0 aliphatic rings. The Kier molecular flexibility index (Phi) is 8.25. The average molecular weight is 968 g/mol. The highest BCUT2D eigenvalue weighted by Gasteiger charge is 2.23. The number of imidazole rings is 1. The van der Waals surface area contributed by atoms with Gasteiger partial charge in [0.1, 0.15) is 17.3 Å². The lowest BCUT2D eigenvalue weighted by Crippen LogP contribution is -2.31. The molecule has 74 heavy (non-hydrogen) atoms. The number of nitrogens with zero attached hydrogens (tertiary/aromatic N) is 5. The summed E-state index contributed by atoms with van der Waals surface area (Å²) < 4.78 is 102. The van der Waals surface area contributed by atoms with Crippen LogP contribution in [0.3, 0.4) is 0 Å². The standard InChI is InChI=1S/C68H55N5O/c1-67(2,3)47-31-36-60-57(39-47)58-40-48(68(4,5)6)32-37-61(58)72(60)50-33-38-65(69-43-50)73-59-28-14-13-25-55(59)56-35-34-52(42-64(56)73)74-51-24-17-23-49(41-51)70-44-71(63-30-16-15-29-62(63)70)66-53(45-19-9-7-10-20-45)26-18-27-54(66)46-21-11-8-12-22-46/h7-43H,1-6H3/i7D,8D,9D,10D,11D,12D,19D,20D,21D,22D. The summed E-state index contributed by atoms with van der Waals surface area (Å²) in [4.78, 5) is 5.20. The number of hydrogen-bond acceptors (Lipinski definition) is 2. The first-order valence-electron chi connectivity index (χ1n) is 29.7. The second-order valence-electron chi connectivity index (χ2n) is 20.8. The number of hydrogen-bond donors (Lipinski definition) is 0. The summed E-state index contributed by atoms with van der Waals surface area (Å²) in [7, 11) is 0. The predicted octanol–water partition coefficient (Wildman–Crippen LogP) is 17.0. The number of para-hydroxylation sites is 4. The topological polar surface area (TPSA) is 40.8 Å². The predicted molar refractivity (Wildman–Crippen MR) is 305 cm³/mol. The van der Waals surface area contributed by atoms with Gasteiger partial charge >= 0.3 is 0 Å². The van der Waals surface area contributed by atoms with Crippen LogP contribution in [0.15, 0.2) is 224 Å². The van der Waals surface area contributed by atoms with Crippen molar-refractivity contribution in [1.82, 2.24) is 18.7 Å². The molecular formula is C68H55N5O. The minimum atomic E-state index is -0.569. The summed E-state index contributed by atoms with van der Waals surface area (Å²) in [6, 6.07) is 46.6. The highest BCUT2D eigenvalue weighted by atomic mass is 16.5. The molecule has 6 heteroatoms. The summed E-state index contributed by atoms with van der Waals surface area (Å²) in [6.07, 6.45) is 5.41. The Morgan fingerprint density at radius 3 is 1.69 bits per heavy atom. The highest BCUT2D eigenvalue weighted by molar-refractivity contribution is 6.11. The van der Waals surface area contributed by atoms with E-state index in [0.29, 0.717) is 28.2 Å². The van der Waals surface area contributed by atoms with Gasteiger partial charge in [-0.2, -0.15) is 0 Å². The molecule has 4 heterocycles. The van der Waals surface area contributed by atoms with Crippen LogP contribution in [0.25, 0.3) is 99.8 Å². The first-order valence-corrected chi connectivity index (χ1v) is 24.7. The van der Waals surface area contributed by atoms with Crippen molar-refractivity contribution in [1.29, 1.82) is 0 Å². The van der Waals surface area contributed by atoms with Gasteiger partial charge in [-0.1, -0.05) is 181 Å². The first kappa shape index (κ1) is 35.2. The molecule has 9 aromatic carbocycles. The maximum absolute atomic E-state index is 9.07. The van der Waals surface area contributed by atoms with Crippen LogP contribution in [0.5, 0.6) is 11.5 Å². The molecular weight excluding hydrogens is 903 g/mol. The van der Waals surface area contributed by atoms with Crippen LogP contribution in [0.4, 0.5) is 0 Å². The van der Waals surface area contributed by atoms with E-state index in [2.05, 4.69) is 124 Å². The van der Waals surface area contributed by atoms with Crippen LogP contribution in [0.2, 0.25) is 0 Å². The smallest absolute Gasteiger partial charge is 0.269 e. The van der Waals surface area contributed by atoms with Crippen LogP contribution < -0.4 is 9.30 Å². The molecule has 0 amide bonds. The fourth-order valence-corrected chi connectivity index (χ4v) is 10.3. The molecule has 0 aliphatic carbocycles. The lowest BCUT2D eigenvalue weighted by molar-refractivity contribution is -0.571. The number of benzene rings is 9. The van der Waals surface area contributed by atoms with E-state index in [-0.39, 0.29) is 38.8 Å². The monoisotopic (exact) mass is 968 g/mol. The Morgan fingerprint density at radius 2 is 1.05 bits per heavy atom. The quantitative estimate of drug-likeness (QED) is 0.112. The molecule has 13 aromatic rings. The van der Waals surface area contributed by atoms with E-state index < -0.39 is 60.4 Å². The number of aromatic nitrogens is 5. The van der Waals surface area contributed by atoms with Crippen molar-refractivity contribution in [3.63, 3.8) is 0 Å². The van der Waals surface area contributed by atoms with E-state index in [4.69, 9.17) is 23.4 Å². The SMILES string of the molecule is [2H]c1c([2H])c([2H])c(-c2cccc(-c3c([2H])c([2H])c([2H])c([2H])c3[2H])c2-[n+]2[c-]n(-c3cccc(Oc4ccc5c6ccccc6n(-c6ccc(-n7c8ccc(C(C)(C)C)cc8c8cc(C(C)(C)C)ccc87)cn6)c5c4)c3)c3ccccc32)c([2H])c1[2H]. The van der Waals surface area contributed by atoms with Crippen molar-refractivity contribution in [2.24, 2.45) is 0 Å². The maximum atomic E-state index is 9.07. The molecule has 0 aliphatic heterocycles. The third-order valence-electron chi connectivity index (χ3n) is 14.0. The fraction of sp³-hybridized carbons (Fsp3) is 0.118. The molecule has 0 N–H and O–H groups in total. The van der Waals surface area contributed by atoms with Gasteiger partial charge in [-0.3, -0.25) is 13.7 Å². The average Bonchev–Trinajstić information content (AvgIpc) is 3.07. The number of fused-ring (bicyclic) bond motifs is 7. The van der Waals surface area contributed by atoms with E-state index in [1.54, 1.807) is 27.3 Å². The zero-order valence-electron chi connectivity index (χ0n) is 51.7. The largest absolute Gasteiger partial charge is 0.458 e. The molecule has 0 bridgehead atoms. The van der Waals surface area contributed by atoms with Crippen molar-refractivity contribution in [3.05, 3.63) is 242 Å². The number of rotatable bonds is 8. The normalized spacial score (nSPS) is 14.1. The molecule has 0 spiro atoms. The molecule has 0 radical (unpaired) electrons. The third-order valence-corrected chi connectivity index (χ3v) is 14.0. The summed E-state index contributed by atoms with van der Waals surface area (Å²) in [5.41, 5.74) is 9.60. The van der Waals surface area contributed by atoms with Crippen molar-refractivity contribution in [3.8, 4) is 56.6 Å². The highest BCUT2D eigenvalue weighted by Crippen LogP contribution is 2.40. The molecule has 0 unspecified atom stereocenters. The van der Waals surface area contributed by atoms with Gasteiger partial charge in [0.05, 0.1) is 70.1 Å². The van der Waals surface area contributed by atoms with Crippen molar-refractivity contribution in [2.45, 2.75) is 52.4 Å². The second kappa shape index (κ2) is 17.3. The molecule has 0 atom stereocenters. The minimum absolute atomic E-state index is 0.0231. The van der Waals surface area contributed by atoms with Crippen LogP contribution in [0, 0.1) is 6.33 Å². The molecule has 4 aromatic heterocycles. The Balaban J connectivity index is 0.913. The van der Waals surface area contributed by atoms with Crippen LogP contribution in [0.1, 0.15) is 66.4 Å².